The second-order valence-corrected chi connectivity index (χ2v) is 8.43. The van der Waals surface area contributed by atoms with Crippen molar-refractivity contribution in [1.29, 1.82) is 0 Å². The van der Waals surface area contributed by atoms with Crippen LogP contribution in [0.3, 0.4) is 0 Å². The van der Waals surface area contributed by atoms with Gasteiger partial charge in [0.1, 0.15) is 6.10 Å². The van der Waals surface area contributed by atoms with Crippen LogP contribution >= 0.6 is 0 Å². The van der Waals surface area contributed by atoms with Gasteiger partial charge in [0.15, 0.2) is 6.54 Å². The Morgan fingerprint density at radius 1 is 1.14 bits per heavy atom. The normalized spacial score (nSPS) is 39.2. The van der Waals surface area contributed by atoms with E-state index in [0.29, 0.717) is 12.0 Å². The lowest BCUT2D eigenvalue weighted by Gasteiger charge is -2.38. The van der Waals surface area contributed by atoms with Gasteiger partial charge in [-0.05, 0) is 56.3 Å². The Morgan fingerprint density at radius 2 is 1.81 bits per heavy atom. The van der Waals surface area contributed by atoms with Crippen molar-refractivity contribution in [3.8, 4) is 0 Å². The van der Waals surface area contributed by atoms with E-state index in [1.807, 2.05) is 0 Å². The Morgan fingerprint density at radius 3 is 2.33 bits per heavy atom. The van der Waals surface area contributed by atoms with Crippen molar-refractivity contribution in [3.63, 3.8) is 0 Å². The first-order valence-corrected chi connectivity index (χ1v) is 8.96. The molecule has 2 aliphatic carbocycles. The molecule has 1 heterocycles. The Hall–Kier alpha value is -0.570. The third kappa shape index (κ3) is 2.62. The van der Waals surface area contributed by atoms with Gasteiger partial charge < -0.3 is 9.64 Å². The lowest BCUT2D eigenvalue weighted by molar-refractivity contribution is -0.891. The topological polar surface area (TPSA) is 30.7 Å². The fourth-order valence-corrected chi connectivity index (χ4v) is 5.12. The predicted octanol–water partition coefficient (Wildman–Crippen LogP) is 2.20. The number of fused-ring (bicyclic) bond motifs is 2. The number of esters is 1. The summed E-state index contributed by atoms with van der Waals surface area (Å²) in [6.45, 7) is 9.96. The second-order valence-electron chi connectivity index (χ2n) is 8.43. The highest BCUT2D eigenvalue weighted by molar-refractivity contribution is 5.70. The highest BCUT2D eigenvalue weighted by Crippen LogP contribution is 2.66. The van der Waals surface area contributed by atoms with Gasteiger partial charge in [-0.2, -0.15) is 0 Å². The number of rotatable bonds is 3. The summed E-state index contributed by atoms with van der Waals surface area (Å²) in [5.41, 5.74) is 0.523. The molecule has 120 valence electrons. The van der Waals surface area contributed by atoms with E-state index >= 15 is 0 Å². The van der Waals surface area contributed by atoms with Crippen molar-refractivity contribution in [2.75, 3.05) is 19.6 Å². The minimum absolute atomic E-state index is 0.0430. The molecule has 1 aliphatic heterocycles. The zero-order valence-corrected chi connectivity index (χ0v) is 14.0. The molecule has 1 saturated heterocycles. The van der Waals surface area contributed by atoms with E-state index in [2.05, 4.69) is 20.8 Å². The zero-order chi connectivity index (χ0) is 15.1. The van der Waals surface area contributed by atoms with Crippen LogP contribution < -0.4 is 4.90 Å². The number of nitrogens with one attached hydrogen (secondary N) is 1. The fourth-order valence-electron chi connectivity index (χ4n) is 5.12. The molecule has 3 nitrogen and oxygen atoms in total. The van der Waals surface area contributed by atoms with Crippen molar-refractivity contribution in [2.24, 2.45) is 16.7 Å². The third-order valence-corrected chi connectivity index (χ3v) is 7.19. The van der Waals surface area contributed by atoms with Gasteiger partial charge in [0.2, 0.25) is 0 Å². The van der Waals surface area contributed by atoms with Gasteiger partial charge in [-0.25, -0.2) is 4.79 Å². The van der Waals surface area contributed by atoms with Gasteiger partial charge in [-0.15, -0.1) is 0 Å². The molecule has 3 atom stereocenters. The van der Waals surface area contributed by atoms with Crippen LogP contribution in [0, 0.1) is 16.7 Å². The molecule has 0 aromatic heterocycles. The molecule has 2 saturated carbocycles. The molecule has 0 spiro atoms. The first-order valence-electron chi connectivity index (χ1n) is 8.96. The lowest BCUT2D eigenvalue weighted by atomic mass is 9.70. The van der Waals surface area contributed by atoms with E-state index in [9.17, 15) is 4.79 Å². The van der Waals surface area contributed by atoms with Gasteiger partial charge in [-0.1, -0.05) is 20.8 Å². The van der Waals surface area contributed by atoms with Crippen LogP contribution in [0.1, 0.15) is 65.7 Å². The first kappa shape index (κ1) is 15.3. The average molecular weight is 294 g/mol. The van der Waals surface area contributed by atoms with Gasteiger partial charge in [0, 0.05) is 5.41 Å². The summed E-state index contributed by atoms with van der Waals surface area (Å²) in [6, 6.07) is 0. The first-order chi connectivity index (χ1) is 9.93. The monoisotopic (exact) mass is 294 g/mol. The summed E-state index contributed by atoms with van der Waals surface area (Å²) in [5, 5.41) is 0. The standard InChI is InChI=1S/C18H31NO2/c1-17(2)14-8-9-18(17,3)15(12-14)21-16(20)13-19-10-6-4-5-7-11-19/h14-15H,4-13H2,1-3H3/p+1. The fraction of sp³-hybridized carbons (Fsp3) is 0.944. The van der Waals surface area contributed by atoms with Gasteiger partial charge in [-0.3, -0.25) is 0 Å². The molecule has 3 heteroatoms. The van der Waals surface area contributed by atoms with Crippen molar-refractivity contribution in [2.45, 2.75) is 71.8 Å². The molecule has 2 bridgehead atoms. The average Bonchev–Trinajstić information content (AvgIpc) is 2.69. The molecular formula is C18H32NO2+. The number of carbonyl (C=O) groups excluding carboxylic acids is 1. The van der Waals surface area contributed by atoms with Crippen LogP contribution in [0.2, 0.25) is 0 Å². The van der Waals surface area contributed by atoms with Crippen LogP contribution in [0.5, 0.6) is 0 Å². The van der Waals surface area contributed by atoms with Crippen LogP contribution in [-0.4, -0.2) is 31.7 Å². The highest BCUT2D eigenvalue weighted by atomic mass is 16.5. The number of likely N-dealkylation sites (tertiary alicyclic amines) is 1. The van der Waals surface area contributed by atoms with E-state index in [1.54, 1.807) is 0 Å². The Bertz CT molecular complexity index is 398. The molecule has 3 rings (SSSR count). The molecule has 0 radical (unpaired) electrons. The van der Waals surface area contributed by atoms with E-state index in [1.165, 1.54) is 43.4 Å². The summed E-state index contributed by atoms with van der Waals surface area (Å²) in [4.78, 5) is 13.8. The predicted molar refractivity (Wildman–Crippen MR) is 83.1 cm³/mol. The maximum atomic E-state index is 12.4. The molecule has 3 aliphatic rings. The van der Waals surface area contributed by atoms with Crippen molar-refractivity contribution in [1.82, 2.24) is 0 Å². The molecule has 0 aromatic rings. The minimum Gasteiger partial charge on any atom is -0.458 e. The summed E-state index contributed by atoms with van der Waals surface area (Å²) < 4.78 is 5.97. The number of quaternary nitrogens is 1. The zero-order valence-electron chi connectivity index (χ0n) is 14.0. The van der Waals surface area contributed by atoms with Gasteiger partial charge in [0.25, 0.3) is 0 Å². The van der Waals surface area contributed by atoms with Crippen molar-refractivity contribution in [3.05, 3.63) is 0 Å². The molecule has 0 amide bonds. The summed E-state index contributed by atoms with van der Waals surface area (Å²) in [5.74, 6) is 0.785. The van der Waals surface area contributed by atoms with Crippen LogP contribution in [-0.2, 0) is 9.53 Å². The molecule has 21 heavy (non-hydrogen) atoms. The Labute approximate surface area is 129 Å². The highest BCUT2D eigenvalue weighted by Gasteiger charge is 2.62. The smallest absolute Gasteiger partial charge is 0.362 e. The number of carbonyl (C=O) groups is 1. The molecule has 3 unspecified atom stereocenters. The van der Waals surface area contributed by atoms with E-state index in [0.717, 1.165) is 25.4 Å². The SMILES string of the molecule is CC1(C)C2CCC1(C)C(OC(=O)C[NH+]1CCCCCC1)C2. The lowest BCUT2D eigenvalue weighted by Crippen LogP contribution is -3.12. The van der Waals surface area contributed by atoms with Gasteiger partial charge >= 0.3 is 5.97 Å². The largest absolute Gasteiger partial charge is 0.458 e. The van der Waals surface area contributed by atoms with E-state index in [4.69, 9.17) is 4.74 Å². The van der Waals surface area contributed by atoms with E-state index < -0.39 is 0 Å². The third-order valence-electron chi connectivity index (χ3n) is 7.19. The van der Waals surface area contributed by atoms with Gasteiger partial charge in [0.05, 0.1) is 13.1 Å². The second kappa shape index (κ2) is 5.57. The van der Waals surface area contributed by atoms with Crippen molar-refractivity contribution >= 4 is 5.97 Å². The summed E-state index contributed by atoms with van der Waals surface area (Å²) in [6.07, 6.45) is 8.96. The van der Waals surface area contributed by atoms with Crippen LogP contribution in [0.15, 0.2) is 0 Å². The molecule has 0 aromatic carbocycles. The van der Waals surface area contributed by atoms with E-state index in [-0.39, 0.29) is 17.5 Å². The summed E-state index contributed by atoms with van der Waals surface area (Å²) >= 11 is 0. The number of hydrogen-bond acceptors (Lipinski definition) is 2. The molecular weight excluding hydrogens is 262 g/mol. The number of ether oxygens (including phenoxy) is 1. The Kier molecular flexibility index (Phi) is 4.06. The van der Waals surface area contributed by atoms with Crippen LogP contribution in [0.4, 0.5) is 0 Å². The maximum absolute atomic E-state index is 12.4. The minimum atomic E-state index is 0.0430. The van der Waals surface area contributed by atoms with Crippen LogP contribution in [0.25, 0.3) is 0 Å². The Balaban J connectivity index is 1.56. The summed E-state index contributed by atoms with van der Waals surface area (Å²) in [7, 11) is 0. The molecule has 3 fully saturated rings. The quantitative estimate of drug-likeness (QED) is 0.809. The maximum Gasteiger partial charge on any atom is 0.362 e. The van der Waals surface area contributed by atoms with Crippen molar-refractivity contribution < 1.29 is 14.4 Å². The molecule has 1 N–H and O–H groups in total. The number of hydrogen-bond donors (Lipinski definition) is 1.